The lowest BCUT2D eigenvalue weighted by atomic mass is 9.51. The lowest BCUT2D eigenvalue weighted by Gasteiger charge is -2.60. The second-order valence-corrected chi connectivity index (χ2v) is 12.5. The van der Waals surface area contributed by atoms with E-state index in [1.165, 1.54) is 32.9 Å². The van der Waals surface area contributed by atoms with Crippen LogP contribution in [0.1, 0.15) is 67.7 Å². The van der Waals surface area contributed by atoms with E-state index in [4.69, 9.17) is 35.3 Å². The topological polar surface area (TPSA) is 172 Å². The van der Waals surface area contributed by atoms with Gasteiger partial charge in [0.05, 0.1) is 16.7 Å². The summed E-state index contributed by atoms with van der Waals surface area (Å²) in [7, 11) is 0. The van der Waals surface area contributed by atoms with Crippen molar-refractivity contribution in [3.8, 4) is 0 Å². The van der Waals surface area contributed by atoms with Gasteiger partial charge in [-0.1, -0.05) is 26.5 Å². The molecule has 3 aliphatic rings. The molecule has 0 amide bonds. The number of allylic oxidation sites excluding steroid dienone is 1. The number of aliphatic hydroxyl groups is 2. The average molecular weight is 629 g/mol. The summed E-state index contributed by atoms with van der Waals surface area (Å²) in [5.74, 6) is -6.81. The van der Waals surface area contributed by atoms with Gasteiger partial charge in [-0.15, -0.1) is 11.6 Å². The van der Waals surface area contributed by atoms with E-state index in [1.54, 1.807) is 6.92 Å². The first-order chi connectivity index (χ1) is 19.8. The van der Waals surface area contributed by atoms with Gasteiger partial charge in [-0.25, -0.2) is 0 Å². The Balaban J connectivity index is 2.47. The van der Waals surface area contributed by atoms with Gasteiger partial charge >= 0.3 is 29.8 Å². The molecule has 43 heavy (non-hydrogen) atoms. The molecule has 0 aromatic rings. The Morgan fingerprint density at radius 1 is 1.02 bits per heavy atom. The maximum absolute atomic E-state index is 13.0. The van der Waals surface area contributed by atoms with E-state index < -0.39 is 94.2 Å². The third kappa shape index (κ3) is 6.19. The first-order valence-electron chi connectivity index (χ1n) is 14.2. The van der Waals surface area contributed by atoms with Gasteiger partial charge in [-0.3, -0.25) is 24.0 Å². The second kappa shape index (κ2) is 12.6. The lowest BCUT2D eigenvalue weighted by molar-refractivity contribution is -0.288. The van der Waals surface area contributed by atoms with Crippen LogP contribution in [0.15, 0.2) is 24.3 Å². The number of hydrogen-bond donors (Lipinski definition) is 2. The molecular weight excluding hydrogens is 588 g/mol. The number of fused-ring (bicyclic) bond motifs is 2. The van der Waals surface area contributed by atoms with Crippen LogP contribution >= 0.6 is 11.6 Å². The summed E-state index contributed by atoms with van der Waals surface area (Å²) >= 11 is 6.72. The Hall–Kier alpha value is -2.96. The summed E-state index contributed by atoms with van der Waals surface area (Å²) < 4.78 is 28.6. The number of ether oxygens (including phenoxy) is 5. The van der Waals surface area contributed by atoms with Crippen LogP contribution in [-0.2, 0) is 47.7 Å². The second-order valence-electron chi connectivity index (χ2n) is 12.0. The molecule has 1 heterocycles. The fourth-order valence-corrected chi connectivity index (χ4v) is 7.12. The number of halogens is 1. The molecule has 2 aliphatic carbocycles. The van der Waals surface area contributed by atoms with E-state index >= 15 is 0 Å². The third-order valence-electron chi connectivity index (χ3n) is 8.92. The van der Waals surface area contributed by atoms with Crippen molar-refractivity contribution in [3.63, 3.8) is 0 Å². The van der Waals surface area contributed by atoms with Crippen LogP contribution in [-0.4, -0.2) is 87.2 Å². The standard InChI is InChI=1S/C30H41ClO12/c1-9-10-22(35)42-21-13-20(40-17(5)33)28(7)19(39-16(4)32)12-11-14(2)23(31)25-30(38,15(3)27(36)43-25)26(41-18(6)34)24(28)29(21,8)37/h11-12,15,19-21,23-26,37-38H,2,9-10,13H2,1,3-8H3/b12-11-/t15-,19+,20-,21+,23-,24+,25-,26+,28-,29+,30?/m0/s1. The van der Waals surface area contributed by atoms with Gasteiger partial charge in [0.25, 0.3) is 0 Å². The zero-order chi connectivity index (χ0) is 32.7. The smallest absolute Gasteiger partial charge is 0.312 e. The van der Waals surface area contributed by atoms with Crippen LogP contribution in [0.5, 0.6) is 0 Å². The molecule has 0 bridgehead atoms. The van der Waals surface area contributed by atoms with E-state index in [1.807, 2.05) is 0 Å². The summed E-state index contributed by atoms with van der Waals surface area (Å²) in [6.07, 6.45) is -4.23. The summed E-state index contributed by atoms with van der Waals surface area (Å²) in [6.45, 7) is 13.3. The molecule has 0 aromatic heterocycles. The molecule has 1 unspecified atom stereocenters. The van der Waals surface area contributed by atoms with Gasteiger partial charge in [-0.05, 0) is 31.9 Å². The highest BCUT2D eigenvalue weighted by Gasteiger charge is 2.73. The molecule has 240 valence electrons. The predicted molar refractivity (Wildman–Crippen MR) is 150 cm³/mol. The lowest BCUT2D eigenvalue weighted by Crippen LogP contribution is -2.74. The van der Waals surface area contributed by atoms with Crippen molar-refractivity contribution in [1.29, 1.82) is 0 Å². The van der Waals surface area contributed by atoms with Crippen molar-refractivity contribution < 1.29 is 57.9 Å². The van der Waals surface area contributed by atoms with Crippen LogP contribution < -0.4 is 0 Å². The summed E-state index contributed by atoms with van der Waals surface area (Å²) in [4.78, 5) is 63.4. The van der Waals surface area contributed by atoms with Crippen molar-refractivity contribution in [2.75, 3.05) is 0 Å². The zero-order valence-electron chi connectivity index (χ0n) is 25.5. The number of alkyl halides is 1. The number of carbonyl (C=O) groups excluding carboxylic acids is 5. The monoisotopic (exact) mass is 628 g/mol. The number of hydrogen-bond acceptors (Lipinski definition) is 12. The summed E-state index contributed by atoms with van der Waals surface area (Å²) in [6, 6.07) is 0. The van der Waals surface area contributed by atoms with Crippen molar-refractivity contribution in [2.24, 2.45) is 17.3 Å². The van der Waals surface area contributed by atoms with Crippen molar-refractivity contribution >= 4 is 41.4 Å². The van der Waals surface area contributed by atoms with Gasteiger partial charge in [0, 0.05) is 39.5 Å². The van der Waals surface area contributed by atoms with Crippen molar-refractivity contribution in [1.82, 2.24) is 0 Å². The van der Waals surface area contributed by atoms with Crippen LogP contribution in [0.4, 0.5) is 0 Å². The van der Waals surface area contributed by atoms with Gasteiger partial charge in [0.1, 0.15) is 30.0 Å². The maximum atomic E-state index is 13.0. The molecule has 1 saturated carbocycles. The highest BCUT2D eigenvalue weighted by atomic mass is 35.5. The number of esters is 5. The van der Waals surface area contributed by atoms with E-state index in [0.29, 0.717) is 6.42 Å². The van der Waals surface area contributed by atoms with Gasteiger partial charge < -0.3 is 33.9 Å². The molecule has 1 aliphatic heterocycles. The Morgan fingerprint density at radius 2 is 1.60 bits per heavy atom. The van der Waals surface area contributed by atoms with Crippen LogP contribution in [0.25, 0.3) is 0 Å². The zero-order valence-corrected chi connectivity index (χ0v) is 26.2. The SMILES string of the molecule is C=C1/C=C\[C@@H](OC(C)=O)[C@@]2(C)[C@@H](OC(C)=O)C[C@@H](OC(=O)CCC)[C@@](C)(O)[C@@H]2[C@@H](OC(C)=O)C2(O)[C@@H](C)C(=O)O[C@H]2[C@H]1Cl. The molecule has 12 nitrogen and oxygen atoms in total. The van der Waals surface area contributed by atoms with Crippen molar-refractivity contribution in [3.05, 3.63) is 24.3 Å². The van der Waals surface area contributed by atoms with E-state index in [-0.39, 0.29) is 18.4 Å². The van der Waals surface area contributed by atoms with Crippen molar-refractivity contribution in [2.45, 2.75) is 115 Å². The fourth-order valence-electron chi connectivity index (χ4n) is 6.79. The molecular formula is C30H41ClO12. The van der Waals surface area contributed by atoms with E-state index in [2.05, 4.69) is 6.58 Å². The third-order valence-corrected chi connectivity index (χ3v) is 9.43. The number of rotatable bonds is 6. The minimum Gasteiger partial charge on any atom is -0.462 e. The minimum atomic E-state index is -2.41. The van der Waals surface area contributed by atoms with E-state index in [9.17, 15) is 34.2 Å². The molecule has 13 heteroatoms. The quantitative estimate of drug-likeness (QED) is 0.250. The normalized spacial score (nSPS) is 41.5. The minimum absolute atomic E-state index is 0.0142. The largest absolute Gasteiger partial charge is 0.462 e. The van der Waals surface area contributed by atoms with Gasteiger partial charge in [0.2, 0.25) is 0 Å². The first kappa shape index (κ1) is 34.5. The molecule has 11 atom stereocenters. The van der Waals surface area contributed by atoms with Crippen LogP contribution in [0.3, 0.4) is 0 Å². The molecule has 0 spiro atoms. The summed E-state index contributed by atoms with van der Waals surface area (Å²) in [5, 5.41) is 23.7. The molecule has 1 saturated heterocycles. The Morgan fingerprint density at radius 3 is 2.14 bits per heavy atom. The average Bonchev–Trinajstić information content (AvgIpc) is 3.11. The van der Waals surface area contributed by atoms with Gasteiger partial charge in [0.15, 0.2) is 11.7 Å². The molecule has 0 radical (unpaired) electrons. The fraction of sp³-hybridized carbons (Fsp3) is 0.700. The molecule has 2 fully saturated rings. The van der Waals surface area contributed by atoms with Crippen LogP contribution in [0, 0.1) is 17.3 Å². The highest BCUT2D eigenvalue weighted by Crippen LogP contribution is 2.58. The van der Waals surface area contributed by atoms with Gasteiger partial charge in [-0.2, -0.15) is 0 Å². The Kier molecular flexibility index (Phi) is 10.1. The Bertz CT molecular complexity index is 1200. The molecule has 3 rings (SSSR count). The molecule has 0 aromatic carbocycles. The highest BCUT2D eigenvalue weighted by molar-refractivity contribution is 6.23. The maximum Gasteiger partial charge on any atom is 0.312 e. The van der Waals surface area contributed by atoms with E-state index in [0.717, 1.165) is 20.8 Å². The number of carbonyl (C=O) groups is 5. The summed E-state index contributed by atoms with van der Waals surface area (Å²) in [5.41, 5.74) is -6.11. The van der Waals surface area contributed by atoms with Crippen LogP contribution in [0.2, 0.25) is 0 Å². The Labute approximate surface area is 255 Å². The first-order valence-corrected chi connectivity index (χ1v) is 14.6. The predicted octanol–water partition coefficient (Wildman–Crippen LogP) is 2.30. The molecule has 2 N–H and O–H groups in total.